The molecule has 0 aliphatic rings. The Labute approximate surface area is 152 Å². The second-order valence-electron chi connectivity index (χ2n) is 5.60. The average molecular weight is 405 g/mol. The maximum Gasteiger partial charge on any atom is 0.250 e. The minimum absolute atomic E-state index is 0.0807. The number of aliphatic hydroxyl groups is 1. The Balaban J connectivity index is 1.86. The number of rotatable bonds is 5. The maximum atomic E-state index is 10.1. The van der Waals surface area contributed by atoms with Gasteiger partial charge in [0.25, 0.3) is 5.95 Å². The molecule has 3 N–H and O–H groups in total. The molecule has 25 heavy (non-hydrogen) atoms. The highest BCUT2D eigenvalue weighted by atomic mass is 79.9. The van der Waals surface area contributed by atoms with Crippen LogP contribution >= 0.6 is 15.9 Å². The third kappa shape index (κ3) is 4.01. The first-order chi connectivity index (χ1) is 11.9. The molecular formula is C16H17BrN6O2. The zero-order valence-corrected chi connectivity index (χ0v) is 15.2. The van der Waals surface area contributed by atoms with Crippen molar-refractivity contribution in [2.45, 2.75) is 26.0 Å². The van der Waals surface area contributed by atoms with E-state index in [4.69, 9.17) is 0 Å². The number of fused-ring (bicyclic) bond motifs is 1. The summed E-state index contributed by atoms with van der Waals surface area (Å²) in [7, 11) is 0. The summed E-state index contributed by atoms with van der Waals surface area (Å²) in [6, 6.07) is 7.10. The third-order valence-electron chi connectivity index (χ3n) is 3.69. The first kappa shape index (κ1) is 17.5. The lowest BCUT2D eigenvalue weighted by Gasteiger charge is -2.24. The van der Waals surface area contributed by atoms with E-state index in [0.29, 0.717) is 17.0 Å². The van der Waals surface area contributed by atoms with E-state index in [-0.39, 0.29) is 5.95 Å². The van der Waals surface area contributed by atoms with Crippen LogP contribution in [0.5, 0.6) is 0 Å². The zero-order valence-electron chi connectivity index (χ0n) is 13.6. The first-order valence-electron chi connectivity index (χ1n) is 7.62. The van der Waals surface area contributed by atoms with Gasteiger partial charge in [-0.2, -0.15) is 0 Å². The normalized spacial score (nSPS) is 13.5. The third-order valence-corrected chi connectivity index (χ3v) is 4.18. The summed E-state index contributed by atoms with van der Waals surface area (Å²) in [6.07, 6.45) is 2.32. The number of aliphatic hydroxyl groups excluding tert-OH is 1. The fourth-order valence-electron chi connectivity index (χ4n) is 2.08. The van der Waals surface area contributed by atoms with Gasteiger partial charge >= 0.3 is 0 Å². The number of nitrogens with one attached hydrogen (secondary N) is 1. The number of benzene rings is 1. The molecule has 2 aromatic heterocycles. The molecule has 0 bridgehead atoms. The zero-order chi connectivity index (χ0) is 18.0. The standard InChI is InChI=1S/C16H17BrN6O2/c1-9(10(2)24)23(25)16-19-8-13-14(22-16)7-18-15(21-13)20-12-5-3-4-11(17)6-12/h3-10,24-25H,1-2H3,(H,18,20,21). The van der Waals surface area contributed by atoms with Crippen LogP contribution in [0.3, 0.4) is 0 Å². The number of halogens is 1. The Hall–Kier alpha value is -2.36. The van der Waals surface area contributed by atoms with E-state index in [9.17, 15) is 10.3 Å². The predicted molar refractivity (Wildman–Crippen MR) is 98.0 cm³/mol. The Morgan fingerprint density at radius 1 is 1.12 bits per heavy atom. The Morgan fingerprint density at radius 3 is 2.56 bits per heavy atom. The molecule has 2 heterocycles. The molecule has 3 rings (SSSR count). The molecular weight excluding hydrogens is 388 g/mol. The molecule has 3 aromatic rings. The fraction of sp³-hybridized carbons (Fsp3) is 0.250. The Bertz CT molecular complexity index is 891. The minimum atomic E-state index is -0.739. The Kier molecular flexibility index (Phi) is 5.07. The molecule has 8 nitrogen and oxygen atoms in total. The van der Waals surface area contributed by atoms with Gasteiger partial charge in [-0.15, -0.1) is 0 Å². The number of anilines is 3. The molecule has 0 saturated heterocycles. The molecule has 0 fully saturated rings. The van der Waals surface area contributed by atoms with Crippen molar-refractivity contribution in [2.75, 3.05) is 10.4 Å². The van der Waals surface area contributed by atoms with Crippen molar-refractivity contribution in [3.63, 3.8) is 0 Å². The lowest BCUT2D eigenvalue weighted by atomic mass is 10.2. The van der Waals surface area contributed by atoms with Crippen LogP contribution in [0.4, 0.5) is 17.6 Å². The van der Waals surface area contributed by atoms with Crippen molar-refractivity contribution in [1.82, 2.24) is 19.9 Å². The van der Waals surface area contributed by atoms with E-state index >= 15 is 0 Å². The van der Waals surface area contributed by atoms with E-state index in [1.165, 1.54) is 6.20 Å². The number of nitrogens with zero attached hydrogens (tertiary/aromatic N) is 5. The van der Waals surface area contributed by atoms with Gasteiger partial charge in [-0.3, -0.25) is 5.21 Å². The quantitative estimate of drug-likeness (QED) is 0.557. The van der Waals surface area contributed by atoms with E-state index < -0.39 is 12.1 Å². The summed E-state index contributed by atoms with van der Waals surface area (Å²) < 4.78 is 0.946. The van der Waals surface area contributed by atoms with Gasteiger partial charge in [-0.05, 0) is 32.0 Å². The van der Waals surface area contributed by atoms with Crippen molar-refractivity contribution in [3.8, 4) is 0 Å². The van der Waals surface area contributed by atoms with Gasteiger partial charge in [-0.1, -0.05) is 22.0 Å². The molecule has 1 aromatic carbocycles. The largest absolute Gasteiger partial charge is 0.391 e. The molecule has 2 atom stereocenters. The smallest absolute Gasteiger partial charge is 0.250 e. The van der Waals surface area contributed by atoms with Crippen LogP contribution in [-0.2, 0) is 0 Å². The lowest BCUT2D eigenvalue weighted by Crippen LogP contribution is -2.38. The van der Waals surface area contributed by atoms with Crippen LogP contribution in [-0.4, -0.2) is 42.4 Å². The van der Waals surface area contributed by atoms with Crippen LogP contribution in [0.25, 0.3) is 11.0 Å². The van der Waals surface area contributed by atoms with Crippen LogP contribution < -0.4 is 10.4 Å². The summed E-state index contributed by atoms with van der Waals surface area (Å²) in [5.41, 5.74) is 1.87. The van der Waals surface area contributed by atoms with Gasteiger partial charge in [0.15, 0.2) is 0 Å². The van der Waals surface area contributed by atoms with Crippen LogP contribution in [0.2, 0.25) is 0 Å². The van der Waals surface area contributed by atoms with Crippen LogP contribution in [0.15, 0.2) is 41.1 Å². The molecule has 0 amide bonds. The summed E-state index contributed by atoms with van der Waals surface area (Å²) in [5, 5.41) is 23.6. The van der Waals surface area contributed by atoms with Crippen molar-refractivity contribution >= 4 is 44.5 Å². The SMILES string of the molecule is CC(O)C(C)N(O)c1ncc2nc(Nc3cccc(Br)c3)ncc2n1. The average Bonchev–Trinajstić information content (AvgIpc) is 2.60. The highest BCUT2D eigenvalue weighted by Gasteiger charge is 2.20. The van der Waals surface area contributed by atoms with Gasteiger partial charge in [0.2, 0.25) is 5.95 Å². The summed E-state index contributed by atoms with van der Waals surface area (Å²) in [4.78, 5) is 16.9. The van der Waals surface area contributed by atoms with E-state index in [2.05, 4.69) is 41.2 Å². The summed E-state index contributed by atoms with van der Waals surface area (Å²) in [5.74, 6) is 0.498. The highest BCUT2D eigenvalue weighted by Crippen LogP contribution is 2.20. The van der Waals surface area contributed by atoms with E-state index in [0.717, 1.165) is 15.2 Å². The topological polar surface area (TPSA) is 107 Å². The van der Waals surface area contributed by atoms with Gasteiger partial charge < -0.3 is 10.4 Å². The van der Waals surface area contributed by atoms with Gasteiger partial charge in [-0.25, -0.2) is 25.0 Å². The molecule has 130 valence electrons. The molecule has 0 spiro atoms. The maximum absolute atomic E-state index is 10.1. The number of aromatic nitrogens is 4. The summed E-state index contributed by atoms with van der Waals surface area (Å²) in [6.45, 7) is 3.25. The minimum Gasteiger partial charge on any atom is -0.391 e. The van der Waals surface area contributed by atoms with Crippen molar-refractivity contribution in [1.29, 1.82) is 0 Å². The monoisotopic (exact) mass is 404 g/mol. The second kappa shape index (κ2) is 7.26. The second-order valence-corrected chi connectivity index (χ2v) is 6.51. The van der Waals surface area contributed by atoms with E-state index in [1.807, 2.05) is 24.3 Å². The Morgan fingerprint density at radius 2 is 1.84 bits per heavy atom. The molecule has 9 heteroatoms. The van der Waals surface area contributed by atoms with Crippen molar-refractivity contribution in [2.24, 2.45) is 0 Å². The summed E-state index contributed by atoms with van der Waals surface area (Å²) >= 11 is 3.41. The van der Waals surface area contributed by atoms with Gasteiger partial charge in [0.05, 0.1) is 24.5 Å². The van der Waals surface area contributed by atoms with Crippen molar-refractivity contribution in [3.05, 3.63) is 41.1 Å². The van der Waals surface area contributed by atoms with Crippen LogP contribution in [0, 0.1) is 0 Å². The molecule has 0 radical (unpaired) electrons. The number of hydroxylamine groups is 1. The lowest BCUT2D eigenvalue weighted by molar-refractivity contribution is 0.106. The highest BCUT2D eigenvalue weighted by molar-refractivity contribution is 9.10. The molecule has 0 saturated carbocycles. The van der Waals surface area contributed by atoms with Gasteiger partial charge in [0, 0.05) is 10.2 Å². The number of hydrogen-bond donors (Lipinski definition) is 3. The first-order valence-corrected chi connectivity index (χ1v) is 8.42. The van der Waals surface area contributed by atoms with Gasteiger partial charge in [0.1, 0.15) is 11.0 Å². The van der Waals surface area contributed by atoms with Crippen molar-refractivity contribution < 1.29 is 10.3 Å². The number of hydrogen-bond acceptors (Lipinski definition) is 8. The molecule has 0 aliphatic carbocycles. The van der Waals surface area contributed by atoms with Crippen LogP contribution in [0.1, 0.15) is 13.8 Å². The predicted octanol–water partition coefficient (Wildman–Crippen LogP) is 2.89. The molecule has 0 aliphatic heterocycles. The fourth-order valence-corrected chi connectivity index (χ4v) is 2.48. The molecule has 2 unspecified atom stereocenters. The van der Waals surface area contributed by atoms with E-state index in [1.54, 1.807) is 20.0 Å².